The van der Waals surface area contributed by atoms with Crippen LogP contribution in [0.5, 0.6) is 0 Å². The van der Waals surface area contributed by atoms with Crippen molar-refractivity contribution in [1.29, 1.82) is 5.26 Å². The maximum atomic E-state index is 12.4. The number of nitrogens with one attached hydrogen (secondary N) is 1. The van der Waals surface area contributed by atoms with Crippen LogP contribution in [0.1, 0.15) is 44.1 Å². The second kappa shape index (κ2) is 7.74. The smallest absolute Gasteiger partial charge is 0.349 e. The van der Waals surface area contributed by atoms with Crippen molar-refractivity contribution in [3.63, 3.8) is 0 Å². The lowest BCUT2D eigenvalue weighted by Crippen LogP contribution is -2.20. The Morgan fingerprint density at radius 3 is 2.79 bits per heavy atom. The van der Waals surface area contributed by atoms with Crippen LogP contribution in [0.2, 0.25) is 0 Å². The van der Waals surface area contributed by atoms with E-state index in [1.54, 1.807) is 0 Å². The highest BCUT2D eigenvalue weighted by Gasteiger charge is 2.23. The monoisotopic (exact) mass is 410 g/mol. The lowest BCUT2D eigenvalue weighted by atomic mass is 9.96. The number of anilines is 1. The summed E-state index contributed by atoms with van der Waals surface area (Å²) in [5.74, 6) is -0.929. The van der Waals surface area contributed by atoms with E-state index in [9.17, 15) is 14.9 Å². The third-order valence-corrected chi connectivity index (χ3v) is 7.36. The van der Waals surface area contributed by atoms with Crippen LogP contribution in [0, 0.1) is 18.3 Å². The summed E-state index contributed by atoms with van der Waals surface area (Å²) in [7, 11) is 0. The first-order valence-corrected chi connectivity index (χ1v) is 10.7. The Bertz CT molecular complexity index is 1120. The molecule has 0 bridgehead atoms. The van der Waals surface area contributed by atoms with Crippen LogP contribution in [0.3, 0.4) is 0 Å². The second-order valence-corrected chi connectivity index (χ2v) is 8.86. The minimum Gasteiger partial charge on any atom is -0.451 e. The number of nitriles is 1. The fraction of sp³-hybridized carbons (Fsp3) is 0.286. The average Bonchev–Trinajstić information content (AvgIpc) is 3.23. The lowest BCUT2D eigenvalue weighted by Gasteiger charge is -2.09. The summed E-state index contributed by atoms with van der Waals surface area (Å²) >= 11 is 2.82. The molecule has 7 heteroatoms. The van der Waals surface area contributed by atoms with Gasteiger partial charge in [0.05, 0.1) is 5.56 Å². The van der Waals surface area contributed by atoms with Gasteiger partial charge in [0.2, 0.25) is 0 Å². The van der Waals surface area contributed by atoms with Crippen molar-refractivity contribution < 1.29 is 14.3 Å². The van der Waals surface area contributed by atoms with Gasteiger partial charge in [0.15, 0.2) is 6.61 Å². The van der Waals surface area contributed by atoms with E-state index in [4.69, 9.17) is 4.74 Å². The van der Waals surface area contributed by atoms with Gasteiger partial charge < -0.3 is 10.1 Å². The van der Waals surface area contributed by atoms with Gasteiger partial charge in [0.25, 0.3) is 5.91 Å². The molecule has 0 radical (unpaired) electrons. The van der Waals surface area contributed by atoms with Crippen LogP contribution in [0.25, 0.3) is 10.1 Å². The molecular formula is C21H18N2O3S2. The van der Waals surface area contributed by atoms with Crippen molar-refractivity contribution in [2.24, 2.45) is 0 Å². The molecule has 0 spiro atoms. The number of aryl methyl sites for hydroxylation is 2. The minimum absolute atomic E-state index is 0.375. The standard InChI is InChI=1S/C21H18N2O3S2/c1-12-13-6-2-4-8-16(13)27-19(12)21(25)26-11-18(24)23-20-15(10-22)14-7-3-5-9-17(14)28-20/h2,4,6,8H,3,5,7,9,11H2,1H3,(H,23,24). The number of amides is 1. The molecule has 1 aliphatic rings. The number of hydrogen-bond acceptors (Lipinski definition) is 6. The largest absolute Gasteiger partial charge is 0.451 e. The highest BCUT2D eigenvalue weighted by atomic mass is 32.1. The molecule has 0 saturated carbocycles. The van der Waals surface area contributed by atoms with Gasteiger partial charge in [0.1, 0.15) is 15.9 Å². The van der Waals surface area contributed by atoms with E-state index in [2.05, 4.69) is 11.4 Å². The molecule has 1 aliphatic carbocycles. The Labute approximate surface area is 170 Å². The van der Waals surface area contributed by atoms with Crippen molar-refractivity contribution >= 4 is 49.6 Å². The average molecular weight is 411 g/mol. The van der Waals surface area contributed by atoms with E-state index < -0.39 is 11.9 Å². The van der Waals surface area contributed by atoms with E-state index in [-0.39, 0.29) is 6.61 Å². The summed E-state index contributed by atoms with van der Waals surface area (Å²) in [6.45, 7) is 1.50. The number of benzene rings is 1. The molecule has 28 heavy (non-hydrogen) atoms. The number of esters is 1. The zero-order valence-electron chi connectivity index (χ0n) is 15.3. The quantitative estimate of drug-likeness (QED) is 0.626. The number of rotatable bonds is 4. The zero-order valence-corrected chi connectivity index (χ0v) is 17.0. The Hall–Kier alpha value is -2.69. The predicted molar refractivity (Wildman–Crippen MR) is 111 cm³/mol. The minimum atomic E-state index is -0.500. The molecule has 2 aromatic heterocycles. The summed E-state index contributed by atoms with van der Waals surface area (Å²) in [6, 6.07) is 9.99. The van der Waals surface area contributed by atoms with Crippen molar-refractivity contribution in [3.05, 3.63) is 50.7 Å². The highest BCUT2D eigenvalue weighted by molar-refractivity contribution is 7.21. The summed E-state index contributed by atoms with van der Waals surface area (Å²) in [5.41, 5.74) is 2.48. The number of carbonyl (C=O) groups excluding carboxylic acids is 2. The van der Waals surface area contributed by atoms with E-state index >= 15 is 0 Å². The molecule has 5 nitrogen and oxygen atoms in total. The number of fused-ring (bicyclic) bond motifs is 2. The molecule has 0 saturated heterocycles. The van der Waals surface area contributed by atoms with Crippen LogP contribution in [-0.2, 0) is 22.4 Å². The first-order chi connectivity index (χ1) is 13.6. The van der Waals surface area contributed by atoms with Gasteiger partial charge in [-0.25, -0.2) is 4.79 Å². The number of carbonyl (C=O) groups is 2. The van der Waals surface area contributed by atoms with Crippen LogP contribution >= 0.6 is 22.7 Å². The van der Waals surface area contributed by atoms with Crippen LogP contribution in [0.15, 0.2) is 24.3 Å². The van der Waals surface area contributed by atoms with E-state index in [1.807, 2.05) is 31.2 Å². The summed E-state index contributed by atoms with van der Waals surface area (Å²) < 4.78 is 6.24. The van der Waals surface area contributed by atoms with Gasteiger partial charge in [0, 0.05) is 9.58 Å². The van der Waals surface area contributed by atoms with Gasteiger partial charge in [-0.2, -0.15) is 5.26 Å². The van der Waals surface area contributed by atoms with Crippen LogP contribution in [0.4, 0.5) is 5.00 Å². The van der Waals surface area contributed by atoms with Crippen LogP contribution in [-0.4, -0.2) is 18.5 Å². The van der Waals surface area contributed by atoms with Gasteiger partial charge in [-0.1, -0.05) is 18.2 Å². The van der Waals surface area contributed by atoms with Gasteiger partial charge in [-0.3, -0.25) is 4.79 Å². The molecule has 0 aliphatic heterocycles. The van der Waals surface area contributed by atoms with Crippen molar-refractivity contribution in [3.8, 4) is 6.07 Å². The first kappa shape index (κ1) is 18.7. The van der Waals surface area contributed by atoms with Crippen molar-refractivity contribution in [2.45, 2.75) is 32.6 Å². The molecule has 0 unspecified atom stereocenters. The maximum Gasteiger partial charge on any atom is 0.349 e. The maximum absolute atomic E-state index is 12.4. The van der Waals surface area contributed by atoms with E-state index in [0.717, 1.165) is 46.9 Å². The highest BCUT2D eigenvalue weighted by Crippen LogP contribution is 2.37. The fourth-order valence-corrected chi connectivity index (χ4v) is 5.86. The topological polar surface area (TPSA) is 79.2 Å². The molecule has 0 atom stereocenters. The number of hydrogen-bond donors (Lipinski definition) is 1. The second-order valence-electron chi connectivity index (χ2n) is 6.70. The van der Waals surface area contributed by atoms with Gasteiger partial charge in [-0.15, -0.1) is 22.7 Å². The normalized spacial score (nSPS) is 13.0. The van der Waals surface area contributed by atoms with Gasteiger partial charge in [-0.05, 0) is 55.2 Å². The first-order valence-electron chi connectivity index (χ1n) is 9.08. The Kier molecular flexibility index (Phi) is 5.16. The Balaban J connectivity index is 1.43. The molecule has 4 rings (SSSR count). The molecule has 0 fully saturated rings. The number of nitrogens with zero attached hydrogens (tertiary/aromatic N) is 1. The van der Waals surface area contributed by atoms with Crippen molar-refractivity contribution in [1.82, 2.24) is 0 Å². The van der Waals surface area contributed by atoms with E-state index in [0.29, 0.717) is 15.4 Å². The van der Waals surface area contributed by atoms with Gasteiger partial charge >= 0.3 is 5.97 Å². The third-order valence-electron chi connectivity index (χ3n) is 4.90. The SMILES string of the molecule is Cc1c(C(=O)OCC(=O)Nc2sc3c(c2C#N)CCCC3)sc2ccccc12. The van der Waals surface area contributed by atoms with Crippen LogP contribution < -0.4 is 5.32 Å². The van der Waals surface area contributed by atoms with Crippen molar-refractivity contribution in [2.75, 3.05) is 11.9 Å². The Morgan fingerprint density at radius 2 is 2.00 bits per heavy atom. The summed E-state index contributed by atoms with van der Waals surface area (Å²) in [6.07, 6.45) is 4.01. The molecule has 1 amide bonds. The molecular weight excluding hydrogens is 392 g/mol. The molecule has 1 aromatic carbocycles. The third kappa shape index (κ3) is 3.41. The summed E-state index contributed by atoms with van der Waals surface area (Å²) in [4.78, 5) is 26.4. The molecule has 3 aromatic rings. The molecule has 1 N–H and O–H groups in total. The Morgan fingerprint density at radius 1 is 1.21 bits per heavy atom. The molecule has 142 valence electrons. The zero-order chi connectivity index (χ0) is 19.7. The fourth-order valence-electron chi connectivity index (χ4n) is 3.50. The summed E-state index contributed by atoms with van der Waals surface area (Å²) in [5, 5.41) is 13.8. The molecule has 2 heterocycles. The number of ether oxygens (including phenoxy) is 1. The lowest BCUT2D eigenvalue weighted by molar-refractivity contribution is -0.119. The predicted octanol–water partition coefficient (Wildman–Crippen LogP) is 4.82. The number of thiophene rings is 2. The van der Waals surface area contributed by atoms with E-state index in [1.165, 1.54) is 27.6 Å².